The van der Waals surface area contributed by atoms with Gasteiger partial charge in [-0.1, -0.05) is 15.9 Å². The van der Waals surface area contributed by atoms with Gasteiger partial charge in [0.2, 0.25) is 10.0 Å². The summed E-state index contributed by atoms with van der Waals surface area (Å²) in [6.45, 7) is 0. The molecule has 1 aromatic rings. The smallest absolute Gasteiger partial charge is 0.303 e. The Labute approximate surface area is 112 Å². The number of nitrogens with one attached hydrogen (secondary N) is 1. The fraction of sp³-hybridized carbons (Fsp3) is 0.300. The minimum Gasteiger partial charge on any atom is -0.481 e. The lowest BCUT2D eigenvalue weighted by Gasteiger charge is -2.08. The van der Waals surface area contributed by atoms with Crippen LogP contribution in [-0.2, 0) is 14.8 Å². The molecule has 18 heavy (non-hydrogen) atoms. The van der Waals surface area contributed by atoms with Crippen LogP contribution in [0.5, 0.6) is 0 Å². The number of halogens is 2. The van der Waals surface area contributed by atoms with E-state index >= 15 is 0 Å². The molecule has 8 heteroatoms. The van der Waals surface area contributed by atoms with E-state index in [1.54, 1.807) is 0 Å². The monoisotopic (exact) mass is 339 g/mol. The van der Waals surface area contributed by atoms with Crippen LogP contribution in [0.4, 0.5) is 10.1 Å². The molecule has 0 bridgehead atoms. The summed E-state index contributed by atoms with van der Waals surface area (Å²) in [6.07, 6.45) is -0.276. The first-order valence-electron chi connectivity index (χ1n) is 4.97. The normalized spacial score (nSPS) is 11.2. The highest BCUT2D eigenvalue weighted by Crippen LogP contribution is 2.21. The van der Waals surface area contributed by atoms with Crippen molar-refractivity contribution in [2.24, 2.45) is 0 Å². The summed E-state index contributed by atoms with van der Waals surface area (Å²) in [4.78, 5) is 10.3. The number of carboxylic acid groups (broad SMARTS) is 1. The molecule has 0 aromatic heterocycles. The third kappa shape index (κ3) is 5.01. The van der Waals surface area contributed by atoms with Gasteiger partial charge in [-0.05, 0) is 24.6 Å². The Morgan fingerprint density at radius 2 is 2.11 bits per heavy atom. The van der Waals surface area contributed by atoms with Crippen LogP contribution in [0.15, 0.2) is 22.7 Å². The number of carbonyl (C=O) groups is 1. The van der Waals surface area contributed by atoms with E-state index in [4.69, 9.17) is 5.11 Å². The van der Waals surface area contributed by atoms with E-state index in [9.17, 15) is 17.6 Å². The van der Waals surface area contributed by atoms with Gasteiger partial charge in [-0.15, -0.1) is 0 Å². The van der Waals surface area contributed by atoms with Crippen LogP contribution >= 0.6 is 15.9 Å². The first kappa shape index (κ1) is 14.9. The summed E-state index contributed by atoms with van der Waals surface area (Å²) in [5.41, 5.74) is -0.167. The Morgan fingerprint density at radius 1 is 1.44 bits per heavy atom. The summed E-state index contributed by atoms with van der Waals surface area (Å²) < 4.78 is 39.0. The first-order valence-corrected chi connectivity index (χ1v) is 7.42. The van der Waals surface area contributed by atoms with Gasteiger partial charge in [0.25, 0.3) is 0 Å². The van der Waals surface area contributed by atoms with Gasteiger partial charge in [-0.2, -0.15) is 0 Å². The minimum absolute atomic E-state index is 0.0275. The molecule has 1 aromatic carbocycles. The summed E-state index contributed by atoms with van der Waals surface area (Å²) in [6, 6.07) is 3.86. The van der Waals surface area contributed by atoms with E-state index in [0.29, 0.717) is 4.47 Å². The van der Waals surface area contributed by atoms with Crippen molar-refractivity contribution in [2.45, 2.75) is 12.8 Å². The maximum absolute atomic E-state index is 13.3. The van der Waals surface area contributed by atoms with Gasteiger partial charge in [0.1, 0.15) is 5.82 Å². The second kappa shape index (κ2) is 6.14. The molecule has 1 rings (SSSR count). The summed E-state index contributed by atoms with van der Waals surface area (Å²) >= 11 is 3.10. The molecular weight excluding hydrogens is 329 g/mol. The molecule has 0 aliphatic rings. The van der Waals surface area contributed by atoms with Crippen LogP contribution in [0.1, 0.15) is 12.8 Å². The molecular formula is C10H11BrFNO4S. The van der Waals surface area contributed by atoms with Crippen molar-refractivity contribution >= 4 is 37.6 Å². The van der Waals surface area contributed by atoms with E-state index in [2.05, 4.69) is 20.7 Å². The number of hydrogen-bond donors (Lipinski definition) is 2. The standard InChI is InChI=1S/C10H11BrFNO4S/c11-7-3-4-8(12)9(6-7)13-18(16,17)5-1-2-10(14)15/h3-4,6,13H,1-2,5H2,(H,14,15). The van der Waals surface area contributed by atoms with Crippen molar-refractivity contribution in [3.8, 4) is 0 Å². The molecule has 0 saturated heterocycles. The molecule has 100 valence electrons. The Balaban J connectivity index is 2.70. The fourth-order valence-electron chi connectivity index (χ4n) is 1.21. The van der Waals surface area contributed by atoms with E-state index in [0.717, 1.165) is 6.07 Å². The van der Waals surface area contributed by atoms with Gasteiger partial charge in [0, 0.05) is 10.9 Å². The molecule has 0 unspecified atom stereocenters. The van der Waals surface area contributed by atoms with Crippen molar-refractivity contribution in [1.82, 2.24) is 0 Å². The average molecular weight is 340 g/mol. The number of sulfonamides is 1. The zero-order chi connectivity index (χ0) is 13.8. The SMILES string of the molecule is O=C(O)CCCS(=O)(=O)Nc1cc(Br)ccc1F. The van der Waals surface area contributed by atoms with E-state index in [-0.39, 0.29) is 24.3 Å². The quantitative estimate of drug-likeness (QED) is 0.832. The molecule has 0 fully saturated rings. The molecule has 0 atom stereocenters. The number of benzene rings is 1. The highest BCUT2D eigenvalue weighted by molar-refractivity contribution is 9.10. The number of hydrogen-bond acceptors (Lipinski definition) is 3. The van der Waals surface area contributed by atoms with Gasteiger partial charge in [-0.25, -0.2) is 12.8 Å². The highest BCUT2D eigenvalue weighted by Gasteiger charge is 2.14. The maximum Gasteiger partial charge on any atom is 0.303 e. The first-order chi connectivity index (χ1) is 8.30. The largest absolute Gasteiger partial charge is 0.481 e. The highest BCUT2D eigenvalue weighted by atomic mass is 79.9. The third-order valence-corrected chi connectivity index (χ3v) is 3.85. The Kier molecular flexibility index (Phi) is 5.09. The number of aliphatic carboxylic acids is 1. The molecule has 0 aliphatic carbocycles. The molecule has 2 N–H and O–H groups in total. The Hall–Kier alpha value is -1.15. The van der Waals surface area contributed by atoms with E-state index < -0.39 is 21.8 Å². The molecule has 0 saturated carbocycles. The van der Waals surface area contributed by atoms with Crippen LogP contribution in [0.2, 0.25) is 0 Å². The fourth-order valence-corrected chi connectivity index (χ4v) is 2.69. The molecule has 0 amide bonds. The van der Waals surface area contributed by atoms with Gasteiger partial charge < -0.3 is 5.11 Å². The predicted molar refractivity (Wildman–Crippen MR) is 68.4 cm³/mol. The van der Waals surface area contributed by atoms with Crippen molar-refractivity contribution < 1.29 is 22.7 Å². The third-order valence-electron chi connectivity index (χ3n) is 2.00. The molecule has 0 spiro atoms. The summed E-state index contributed by atoms with van der Waals surface area (Å²) in [5, 5.41) is 8.40. The molecule has 0 aliphatic heterocycles. The molecule has 0 heterocycles. The number of carboxylic acids is 1. The summed E-state index contributed by atoms with van der Waals surface area (Å²) in [5.74, 6) is -2.13. The minimum atomic E-state index is -3.74. The predicted octanol–water partition coefficient (Wildman–Crippen LogP) is 2.19. The van der Waals surface area contributed by atoms with Crippen molar-refractivity contribution in [3.05, 3.63) is 28.5 Å². The lowest BCUT2D eigenvalue weighted by atomic mass is 10.3. The topological polar surface area (TPSA) is 83.5 Å². The van der Waals surface area contributed by atoms with Crippen LogP contribution in [0, 0.1) is 5.82 Å². The van der Waals surface area contributed by atoms with Gasteiger partial charge in [-0.3, -0.25) is 9.52 Å². The van der Waals surface area contributed by atoms with Crippen molar-refractivity contribution in [3.63, 3.8) is 0 Å². The van der Waals surface area contributed by atoms with Crippen LogP contribution in [0.25, 0.3) is 0 Å². The van der Waals surface area contributed by atoms with E-state index in [1.807, 2.05) is 0 Å². The molecule has 5 nitrogen and oxygen atoms in total. The van der Waals surface area contributed by atoms with Crippen molar-refractivity contribution in [1.29, 1.82) is 0 Å². The molecule has 0 radical (unpaired) electrons. The lowest BCUT2D eigenvalue weighted by Crippen LogP contribution is -2.18. The lowest BCUT2D eigenvalue weighted by molar-refractivity contribution is -0.137. The van der Waals surface area contributed by atoms with Gasteiger partial charge in [0.05, 0.1) is 11.4 Å². The number of anilines is 1. The summed E-state index contributed by atoms with van der Waals surface area (Å²) in [7, 11) is -3.74. The Bertz CT molecular complexity index is 547. The average Bonchev–Trinajstić information content (AvgIpc) is 2.22. The zero-order valence-electron chi connectivity index (χ0n) is 9.19. The van der Waals surface area contributed by atoms with Crippen LogP contribution in [0.3, 0.4) is 0 Å². The van der Waals surface area contributed by atoms with Crippen molar-refractivity contribution in [2.75, 3.05) is 10.5 Å². The second-order valence-electron chi connectivity index (χ2n) is 3.54. The van der Waals surface area contributed by atoms with Gasteiger partial charge >= 0.3 is 5.97 Å². The second-order valence-corrected chi connectivity index (χ2v) is 6.30. The van der Waals surface area contributed by atoms with Gasteiger partial charge in [0.15, 0.2) is 0 Å². The van der Waals surface area contributed by atoms with Crippen LogP contribution in [-0.4, -0.2) is 25.2 Å². The Morgan fingerprint density at radius 3 is 2.72 bits per heavy atom. The van der Waals surface area contributed by atoms with Crippen LogP contribution < -0.4 is 4.72 Å². The number of rotatable bonds is 6. The maximum atomic E-state index is 13.3. The zero-order valence-corrected chi connectivity index (χ0v) is 11.6. The van der Waals surface area contributed by atoms with E-state index in [1.165, 1.54) is 12.1 Å².